The van der Waals surface area contributed by atoms with Crippen molar-refractivity contribution in [1.82, 2.24) is 24.4 Å². The van der Waals surface area contributed by atoms with E-state index in [4.69, 9.17) is 0 Å². The summed E-state index contributed by atoms with van der Waals surface area (Å²) in [4.78, 5) is 4.44. The van der Waals surface area contributed by atoms with E-state index in [2.05, 4.69) is 20.5 Å². The van der Waals surface area contributed by atoms with Gasteiger partial charge in [0.1, 0.15) is 0 Å². The molecule has 0 spiro atoms. The Kier molecular flexibility index (Phi) is 2.70. The van der Waals surface area contributed by atoms with Gasteiger partial charge in [-0.05, 0) is 26.0 Å². The highest BCUT2D eigenvalue weighted by Gasteiger charge is 2.07. The van der Waals surface area contributed by atoms with Gasteiger partial charge in [0.05, 0.1) is 6.20 Å². The summed E-state index contributed by atoms with van der Waals surface area (Å²) in [7, 11) is 1.94. The van der Waals surface area contributed by atoms with Crippen LogP contribution in [0.1, 0.15) is 17.0 Å². The quantitative estimate of drug-likeness (QED) is 0.774. The van der Waals surface area contributed by atoms with Crippen LogP contribution in [0, 0.1) is 13.8 Å². The smallest absolute Gasteiger partial charge is 0.243 e. The lowest BCUT2D eigenvalue weighted by Gasteiger charge is -2.01. The summed E-state index contributed by atoms with van der Waals surface area (Å²) in [6, 6.07) is 5.94. The fraction of sp³-hybridized carbons (Fsp3) is 0.308. The van der Waals surface area contributed by atoms with Crippen LogP contribution in [0.25, 0.3) is 5.65 Å². The van der Waals surface area contributed by atoms with Crippen LogP contribution >= 0.6 is 0 Å². The molecule has 0 bridgehead atoms. The number of anilines is 1. The van der Waals surface area contributed by atoms with Gasteiger partial charge in [0, 0.05) is 30.5 Å². The Labute approximate surface area is 111 Å². The second kappa shape index (κ2) is 4.38. The average Bonchev–Trinajstić information content (AvgIpc) is 2.94. The Hall–Kier alpha value is -2.37. The summed E-state index contributed by atoms with van der Waals surface area (Å²) >= 11 is 0. The predicted molar refractivity (Wildman–Crippen MR) is 73.0 cm³/mol. The molecule has 0 saturated heterocycles. The lowest BCUT2D eigenvalue weighted by molar-refractivity contribution is 0.738. The van der Waals surface area contributed by atoms with E-state index in [0.717, 1.165) is 22.6 Å². The number of pyridine rings is 1. The molecule has 3 rings (SSSR count). The highest BCUT2D eigenvalue weighted by molar-refractivity contribution is 5.44. The average molecular weight is 256 g/mol. The van der Waals surface area contributed by atoms with Gasteiger partial charge in [-0.25, -0.2) is 4.52 Å². The molecule has 0 aliphatic heterocycles. The minimum absolute atomic E-state index is 0.637. The van der Waals surface area contributed by atoms with Crippen molar-refractivity contribution in [2.45, 2.75) is 20.4 Å². The molecule has 0 aliphatic rings. The fourth-order valence-corrected chi connectivity index (χ4v) is 2.00. The summed E-state index contributed by atoms with van der Waals surface area (Å²) in [6.07, 6.45) is 1.86. The number of fused-ring (bicyclic) bond motifs is 1. The number of hydrogen-bond donors (Lipinski definition) is 1. The molecular weight excluding hydrogens is 240 g/mol. The Morgan fingerprint density at radius 3 is 2.79 bits per heavy atom. The second-order valence-corrected chi connectivity index (χ2v) is 4.60. The summed E-state index contributed by atoms with van der Waals surface area (Å²) in [5, 5.41) is 11.9. The van der Waals surface area contributed by atoms with E-state index in [1.54, 1.807) is 0 Å². The van der Waals surface area contributed by atoms with E-state index in [9.17, 15) is 0 Å². The first kappa shape index (κ1) is 11.7. The minimum Gasteiger partial charge on any atom is -0.349 e. The summed E-state index contributed by atoms with van der Waals surface area (Å²) < 4.78 is 3.69. The minimum atomic E-state index is 0.637. The molecule has 3 heterocycles. The molecule has 19 heavy (non-hydrogen) atoms. The molecule has 1 N–H and O–H groups in total. The number of aryl methyl sites for hydroxylation is 2. The fourth-order valence-electron chi connectivity index (χ4n) is 2.00. The maximum absolute atomic E-state index is 4.44. The van der Waals surface area contributed by atoms with Gasteiger partial charge >= 0.3 is 0 Å². The zero-order valence-corrected chi connectivity index (χ0v) is 11.3. The van der Waals surface area contributed by atoms with Crippen LogP contribution < -0.4 is 5.32 Å². The molecule has 3 aromatic rings. The van der Waals surface area contributed by atoms with Crippen LogP contribution in [-0.2, 0) is 13.6 Å². The van der Waals surface area contributed by atoms with E-state index in [1.165, 1.54) is 0 Å². The van der Waals surface area contributed by atoms with E-state index < -0.39 is 0 Å². The van der Waals surface area contributed by atoms with Crippen LogP contribution in [0.3, 0.4) is 0 Å². The number of rotatable bonds is 3. The largest absolute Gasteiger partial charge is 0.349 e. The molecule has 6 nitrogen and oxygen atoms in total. The first-order valence-electron chi connectivity index (χ1n) is 6.19. The summed E-state index contributed by atoms with van der Waals surface area (Å²) in [6.45, 7) is 4.73. The van der Waals surface area contributed by atoms with Gasteiger partial charge in [-0.3, -0.25) is 4.68 Å². The normalized spacial score (nSPS) is 11.1. The maximum Gasteiger partial charge on any atom is 0.243 e. The summed E-state index contributed by atoms with van der Waals surface area (Å²) in [5.41, 5.74) is 4.21. The lowest BCUT2D eigenvalue weighted by Crippen LogP contribution is -2.03. The van der Waals surface area contributed by atoms with Crippen LogP contribution in [0.5, 0.6) is 0 Å². The third-order valence-electron chi connectivity index (χ3n) is 3.32. The predicted octanol–water partition coefficient (Wildman–Crippen LogP) is 1.69. The van der Waals surface area contributed by atoms with Gasteiger partial charge in [0.25, 0.3) is 0 Å². The van der Waals surface area contributed by atoms with Crippen molar-refractivity contribution in [3.05, 3.63) is 41.3 Å². The Bertz CT molecular complexity index is 724. The highest BCUT2D eigenvalue weighted by atomic mass is 15.4. The Morgan fingerprint density at radius 2 is 2.11 bits per heavy atom. The van der Waals surface area contributed by atoms with Crippen molar-refractivity contribution in [1.29, 1.82) is 0 Å². The number of nitrogens with one attached hydrogen (secondary N) is 1. The van der Waals surface area contributed by atoms with Gasteiger partial charge in [0.2, 0.25) is 5.95 Å². The van der Waals surface area contributed by atoms with E-state index in [0.29, 0.717) is 12.5 Å². The van der Waals surface area contributed by atoms with Gasteiger partial charge in [0.15, 0.2) is 5.65 Å². The number of hydrogen-bond acceptors (Lipinski definition) is 4. The molecule has 0 amide bonds. The first-order valence-corrected chi connectivity index (χ1v) is 6.19. The molecule has 0 radical (unpaired) electrons. The topological polar surface area (TPSA) is 60.0 Å². The molecule has 3 aromatic heterocycles. The molecule has 0 unspecified atom stereocenters. The molecule has 0 saturated carbocycles. The third kappa shape index (κ3) is 2.05. The van der Waals surface area contributed by atoms with Gasteiger partial charge in [-0.15, -0.1) is 5.10 Å². The van der Waals surface area contributed by atoms with Crippen molar-refractivity contribution < 1.29 is 0 Å². The molecule has 0 fully saturated rings. The SMILES string of the molecule is Cc1c(CNc2nc3cccc(C)n3n2)cnn1C. The molecular formula is C13H16N6. The monoisotopic (exact) mass is 256 g/mol. The zero-order valence-electron chi connectivity index (χ0n) is 11.3. The standard InChI is InChI=1S/C13H16N6/c1-9-5-4-6-12-16-13(17-19(9)12)14-7-11-8-15-18(3)10(11)2/h4-6,8H,7H2,1-3H3,(H,14,17). The Morgan fingerprint density at radius 1 is 1.26 bits per heavy atom. The van der Waals surface area contributed by atoms with E-state index in [-0.39, 0.29) is 0 Å². The third-order valence-corrected chi connectivity index (χ3v) is 3.32. The summed E-state index contributed by atoms with van der Waals surface area (Å²) in [5.74, 6) is 0.637. The van der Waals surface area contributed by atoms with Crippen LogP contribution in [0.15, 0.2) is 24.4 Å². The van der Waals surface area contributed by atoms with Crippen molar-refractivity contribution in [3.63, 3.8) is 0 Å². The lowest BCUT2D eigenvalue weighted by atomic mass is 10.2. The van der Waals surface area contributed by atoms with Crippen molar-refractivity contribution in [2.24, 2.45) is 7.05 Å². The van der Waals surface area contributed by atoms with Crippen molar-refractivity contribution in [2.75, 3.05) is 5.32 Å². The van der Waals surface area contributed by atoms with Crippen molar-refractivity contribution in [3.8, 4) is 0 Å². The first-order chi connectivity index (χ1) is 9.15. The van der Waals surface area contributed by atoms with Crippen LogP contribution in [0.2, 0.25) is 0 Å². The zero-order chi connectivity index (χ0) is 13.4. The van der Waals surface area contributed by atoms with Gasteiger partial charge < -0.3 is 5.32 Å². The van der Waals surface area contributed by atoms with Crippen molar-refractivity contribution >= 4 is 11.6 Å². The molecule has 6 heteroatoms. The van der Waals surface area contributed by atoms with Gasteiger partial charge in [-0.2, -0.15) is 10.1 Å². The number of nitrogens with zero attached hydrogens (tertiary/aromatic N) is 5. The Balaban J connectivity index is 1.82. The molecule has 0 aliphatic carbocycles. The number of aromatic nitrogens is 5. The molecule has 98 valence electrons. The van der Waals surface area contributed by atoms with Gasteiger partial charge in [-0.1, -0.05) is 6.07 Å². The van der Waals surface area contributed by atoms with E-state index >= 15 is 0 Å². The second-order valence-electron chi connectivity index (χ2n) is 4.60. The maximum atomic E-state index is 4.44. The van der Waals surface area contributed by atoms with Crippen LogP contribution in [-0.4, -0.2) is 24.4 Å². The molecule has 0 aromatic carbocycles. The molecule has 0 atom stereocenters. The van der Waals surface area contributed by atoms with Crippen LogP contribution in [0.4, 0.5) is 5.95 Å². The highest BCUT2D eigenvalue weighted by Crippen LogP contribution is 2.11. The van der Waals surface area contributed by atoms with E-state index in [1.807, 2.05) is 54.5 Å².